The minimum Gasteiger partial charge on any atom is -0.493 e. The molecule has 0 spiro atoms. The van der Waals surface area contributed by atoms with Crippen LogP contribution < -0.4 is 19.5 Å². The summed E-state index contributed by atoms with van der Waals surface area (Å²) in [6.07, 6.45) is -1.61. The molecule has 3 N–H and O–H groups in total. The summed E-state index contributed by atoms with van der Waals surface area (Å²) in [6.45, 7) is 0. The number of hydrogen-bond acceptors (Lipinski definition) is 6. The van der Waals surface area contributed by atoms with E-state index < -0.39 is 27.6 Å². The van der Waals surface area contributed by atoms with E-state index in [-0.39, 0.29) is 32.5 Å². The number of nitrogens with zero attached hydrogens (tertiary/aromatic N) is 1. The predicted molar refractivity (Wildman–Crippen MR) is 123 cm³/mol. The van der Waals surface area contributed by atoms with Crippen molar-refractivity contribution in [2.45, 2.75) is 16.5 Å². The Hall–Kier alpha value is -3.27. The Morgan fingerprint density at radius 3 is 2.30 bits per heavy atom. The van der Waals surface area contributed by atoms with Gasteiger partial charge in [0.15, 0.2) is 17.0 Å². The molecule has 0 radical (unpaired) electrons. The number of carbonyl (C=O) groups is 1. The van der Waals surface area contributed by atoms with Crippen molar-refractivity contribution in [1.29, 1.82) is 0 Å². The summed E-state index contributed by atoms with van der Waals surface area (Å²) in [5.41, 5.74) is 4.03. The van der Waals surface area contributed by atoms with E-state index in [1.165, 1.54) is 50.6 Å². The molecule has 2 unspecified atom stereocenters. The van der Waals surface area contributed by atoms with Gasteiger partial charge in [0, 0.05) is 22.2 Å². The number of amides is 1. The number of ether oxygens (including phenoxy) is 2. The summed E-state index contributed by atoms with van der Waals surface area (Å²) in [5, 5.41) is 11.5. The first-order chi connectivity index (χ1) is 15.7. The van der Waals surface area contributed by atoms with E-state index in [1.54, 1.807) is 30.3 Å². The topological polar surface area (TPSA) is 119 Å². The van der Waals surface area contributed by atoms with Crippen molar-refractivity contribution in [3.8, 4) is 11.5 Å². The van der Waals surface area contributed by atoms with Crippen molar-refractivity contribution in [1.82, 2.24) is 0 Å². The minimum absolute atomic E-state index is 0.0620. The van der Waals surface area contributed by atoms with Crippen molar-refractivity contribution in [3.05, 3.63) is 82.9 Å². The molecule has 1 heterocycles. The number of benzene rings is 3. The molecule has 1 aliphatic rings. The molecular formula is C23H21ClN2O6S. The summed E-state index contributed by atoms with van der Waals surface area (Å²) in [6, 6.07) is 16.5. The predicted octanol–water partition coefficient (Wildman–Crippen LogP) is 2.98. The first-order valence-electron chi connectivity index (χ1n) is 9.80. The van der Waals surface area contributed by atoms with E-state index in [9.17, 15) is 18.3 Å². The first kappa shape index (κ1) is 22.9. The molecule has 2 atom stereocenters. The van der Waals surface area contributed by atoms with E-state index >= 15 is 0 Å². The molecule has 4 rings (SSSR count). The number of primary amides is 1. The zero-order chi connectivity index (χ0) is 24.0. The number of hydrogen-bond donors (Lipinski definition) is 2. The van der Waals surface area contributed by atoms with Crippen LogP contribution in [0.3, 0.4) is 0 Å². The van der Waals surface area contributed by atoms with Gasteiger partial charge in [-0.2, -0.15) is 0 Å². The summed E-state index contributed by atoms with van der Waals surface area (Å²) in [7, 11) is -1.68. The highest BCUT2D eigenvalue weighted by Gasteiger charge is 2.62. The van der Waals surface area contributed by atoms with E-state index in [0.717, 1.165) is 4.31 Å². The molecule has 0 fully saturated rings. The molecule has 8 nitrogen and oxygen atoms in total. The largest absolute Gasteiger partial charge is 0.493 e. The fourth-order valence-corrected chi connectivity index (χ4v) is 6.30. The normalized spacial score (nSPS) is 19.8. The molecule has 1 amide bonds. The third-order valence-electron chi connectivity index (χ3n) is 5.72. The molecule has 0 saturated carbocycles. The highest BCUT2D eigenvalue weighted by atomic mass is 35.5. The van der Waals surface area contributed by atoms with Gasteiger partial charge in [-0.25, -0.2) is 12.7 Å². The van der Waals surface area contributed by atoms with Gasteiger partial charge in [-0.05, 0) is 24.3 Å². The van der Waals surface area contributed by atoms with Gasteiger partial charge in [-0.15, -0.1) is 0 Å². The Balaban J connectivity index is 2.07. The number of sulfonamides is 1. The molecule has 0 saturated heterocycles. The molecule has 1 aliphatic heterocycles. The number of aliphatic hydroxyl groups excluding tert-OH is 1. The quantitative estimate of drug-likeness (QED) is 0.550. The van der Waals surface area contributed by atoms with Crippen LogP contribution in [0.15, 0.2) is 71.6 Å². The number of fused-ring (bicyclic) bond motifs is 1. The number of aliphatic hydroxyl groups is 1. The molecule has 0 bridgehead atoms. The first-order valence-corrected chi connectivity index (χ1v) is 11.6. The Morgan fingerprint density at radius 2 is 1.67 bits per heavy atom. The maximum Gasteiger partial charge on any atom is 0.265 e. The highest BCUT2D eigenvalue weighted by Crippen LogP contribution is 2.55. The number of nitrogens with two attached hydrogens (primary N) is 1. The summed E-state index contributed by atoms with van der Waals surface area (Å²) in [4.78, 5) is 12.9. The Bertz CT molecular complexity index is 1350. The lowest BCUT2D eigenvalue weighted by Crippen LogP contribution is -2.57. The van der Waals surface area contributed by atoms with Gasteiger partial charge in [-0.1, -0.05) is 48.0 Å². The zero-order valence-corrected chi connectivity index (χ0v) is 19.3. The van der Waals surface area contributed by atoms with Crippen LogP contribution in [0.5, 0.6) is 11.5 Å². The van der Waals surface area contributed by atoms with Crippen molar-refractivity contribution in [2.75, 3.05) is 18.5 Å². The van der Waals surface area contributed by atoms with Gasteiger partial charge < -0.3 is 20.3 Å². The number of halogens is 1. The lowest BCUT2D eigenvalue weighted by molar-refractivity contribution is -0.127. The van der Waals surface area contributed by atoms with Gasteiger partial charge in [0.1, 0.15) is 6.10 Å². The van der Waals surface area contributed by atoms with Gasteiger partial charge in [-0.3, -0.25) is 4.79 Å². The molecular weight excluding hydrogens is 468 g/mol. The second-order valence-electron chi connectivity index (χ2n) is 7.36. The van der Waals surface area contributed by atoms with E-state index in [2.05, 4.69) is 0 Å². The monoisotopic (exact) mass is 488 g/mol. The van der Waals surface area contributed by atoms with E-state index in [4.69, 9.17) is 26.8 Å². The maximum absolute atomic E-state index is 14.1. The number of carbonyl (C=O) groups excluding carboxylic acids is 1. The number of rotatable bonds is 6. The van der Waals surface area contributed by atoms with Crippen LogP contribution in [-0.4, -0.2) is 33.7 Å². The van der Waals surface area contributed by atoms with Gasteiger partial charge in [0.2, 0.25) is 0 Å². The summed E-state index contributed by atoms with van der Waals surface area (Å²) < 4.78 is 39.5. The second-order valence-corrected chi connectivity index (χ2v) is 9.55. The third-order valence-corrected chi connectivity index (χ3v) is 7.86. The molecule has 172 valence electrons. The highest BCUT2D eigenvalue weighted by molar-refractivity contribution is 7.93. The molecule has 0 aliphatic carbocycles. The zero-order valence-electron chi connectivity index (χ0n) is 17.7. The Kier molecular flexibility index (Phi) is 5.73. The molecule has 33 heavy (non-hydrogen) atoms. The van der Waals surface area contributed by atoms with Crippen LogP contribution in [0.1, 0.15) is 17.2 Å². The molecule has 3 aromatic carbocycles. The van der Waals surface area contributed by atoms with Crippen LogP contribution >= 0.6 is 11.6 Å². The van der Waals surface area contributed by atoms with Crippen LogP contribution in [0.25, 0.3) is 0 Å². The second kappa shape index (κ2) is 8.26. The van der Waals surface area contributed by atoms with Crippen LogP contribution in [0.4, 0.5) is 5.69 Å². The molecule has 10 heteroatoms. The van der Waals surface area contributed by atoms with E-state index in [0.29, 0.717) is 5.75 Å². The fourth-order valence-electron chi connectivity index (χ4n) is 4.23. The third kappa shape index (κ3) is 3.23. The Morgan fingerprint density at radius 1 is 1.03 bits per heavy atom. The minimum atomic E-state index is -4.48. The summed E-state index contributed by atoms with van der Waals surface area (Å²) in [5.74, 6) is -0.581. The van der Waals surface area contributed by atoms with Crippen LogP contribution in [0.2, 0.25) is 5.02 Å². The van der Waals surface area contributed by atoms with Crippen LogP contribution in [0, 0.1) is 0 Å². The lowest BCUT2D eigenvalue weighted by atomic mass is 9.83. The number of anilines is 1. The average molecular weight is 489 g/mol. The molecule has 0 aromatic heterocycles. The van der Waals surface area contributed by atoms with E-state index in [1.807, 2.05) is 0 Å². The lowest BCUT2D eigenvalue weighted by Gasteiger charge is -2.39. The molecule has 3 aromatic rings. The van der Waals surface area contributed by atoms with Crippen molar-refractivity contribution in [2.24, 2.45) is 5.73 Å². The SMILES string of the molecule is COc1ccc(S(=O)(=O)N2c3ccccc3C(O)C2(C(N)=O)c2ccccc2Cl)cc1OC. The standard InChI is InChI=1S/C23H21ClN2O6S/c1-31-19-12-11-14(13-20(19)32-2)33(29,30)26-18-10-6-3-7-15(18)21(27)23(26,22(25)28)16-8-4-5-9-17(16)24/h3-13,21,27H,1-2H3,(H2,25,28). The van der Waals surface area contributed by atoms with Crippen LogP contribution in [-0.2, 0) is 20.4 Å². The summed E-state index contributed by atoms with van der Waals surface area (Å²) >= 11 is 6.42. The number of para-hydroxylation sites is 1. The van der Waals surface area contributed by atoms with Gasteiger partial charge >= 0.3 is 0 Å². The van der Waals surface area contributed by atoms with Crippen molar-refractivity contribution < 1.29 is 27.8 Å². The Labute approximate surface area is 196 Å². The number of methoxy groups -OCH3 is 2. The maximum atomic E-state index is 14.1. The van der Waals surface area contributed by atoms with Gasteiger partial charge in [0.25, 0.3) is 15.9 Å². The van der Waals surface area contributed by atoms with Crippen molar-refractivity contribution in [3.63, 3.8) is 0 Å². The smallest absolute Gasteiger partial charge is 0.265 e. The van der Waals surface area contributed by atoms with Gasteiger partial charge in [0.05, 0.1) is 24.8 Å². The van der Waals surface area contributed by atoms with Crippen molar-refractivity contribution >= 4 is 33.2 Å². The average Bonchev–Trinajstić information content (AvgIpc) is 3.09. The fraction of sp³-hybridized carbons (Fsp3) is 0.174.